The molecule has 2 atom stereocenters. The van der Waals surface area contributed by atoms with Crippen LogP contribution in [0.15, 0.2) is 0 Å². The van der Waals surface area contributed by atoms with Crippen molar-refractivity contribution >= 4 is 5.91 Å². The van der Waals surface area contributed by atoms with Crippen LogP contribution >= 0.6 is 0 Å². The molecule has 5 nitrogen and oxygen atoms in total. The Labute approximate surface area is 130 Å². The lowest BCUT2D eigenvalue weighted by molar-refractivity contribution is -0.123. The number of carbonyl (C=O) groups is 1. The van der Waals surface area contributed by atoms with Gasteiger partial charge in [-0.3, -0.25) is 10.1 Å². The SMILES string of the molecule is CCCCCCNC(=O)[C@H](CN)NC(O)CCCCCC. The molecule has 0 saturated heterocycles. The van der Waals surface area contributed by atoms with Crippen LogP contribution in [0.1, 0.15) is 71.6 Å². The molecule has 1 unspecified atom stereocenters. The third-order valence-electron chi connectivity index (χ3n) is 3.61. The molecule has 0 saturated carbocycles. The zero-order valence-electron chi connectivity index (χ0n) is 13.9. The summed E-state index contributed by atoms with van der Waals surface area (Å²) in [4.78, 5) is 12.0. The van der Waals surface area contributed by atoms with Crippen LogP contribution in [0.4, 0.5) is 0 Å². The molecule has 1 amide bonds. The molecular formula is C16H35N3O2. The quantitative estimate of drug-likeness (QED) is 0.291. The first-order valence-electron chi connectivity index (χ1n) is 8.57. The number of hydrogen-bond acceptors (Lipinski definition) is 4. The summed E-state index contributed by atoms with van der Waals surface area (Å²) in [6.07, 6.45) is 8.98. The van der Waals surface area contributed by atoms with Crippen LogP contribution in [0.3, 0.4) is 0 Å². The van der Waals surface area contributed by atoms with Crippen molar-refractivity contribution in [1.29, 1.82) is 0 Å². The lowest BCUT2D eigenvalue weighted by atomic mass is 10.1. The summed E-state index contributed by atoms with van der Waals surface area (Å²) in [6.45, 7) is 5.20. The van der Waals surface area contributed by atoms with Gasteiger partial charge in [-0.15, -0.1) is 0 Å². The number of carbonyl (C=O) groups excluding carboxylic acids is 1. The molecule has 0 aliphatic carbocycles. The van der Waals surface area contributed by atoms with Gasteiger partial charge < -0.3 is 16.2 Å². The average molecular weight is 301 g/mol. The second kappa shape index (κ2) is 14.3. The van der Waals surface area contributed by atoms with Crippen LogP contribution in [-0.4, -0.2) is 36.4 Å². The van der Waals surface area contributed by atoms with Gasteiger partial charge in [0.2, 0.25) is 5.91 Å². The third-order valence-corrected chi connectivity index (χ3v) is 3.61. The van der Waals surface area contributed by atoms with Crippen molar-refractivity contribution in [1.82, 2.24) is 10.6 Å². The van der Waals surface area contributed by atoms with E-state index in [1.807, 2.05) is 0 Å². The summed E-state index contributed by atoms with van der Waals surface area (Å²) in [7, 11) is 0. The van der Waals surface area contributed by atoms with Gasteiger partial charge in [-0.1, -0.05) is 52.4 Å². The van der Waals surface area contributed by atoms with Crippen LogP contribution in [0.2, 0.25) is 0 Å². The van der Waals surface area contributed by atoms with Gasteiger partial charge >= 0.3 is 0 Å². The fraction of sp³-hybridized carbons (Fsp3) is 0.938. The number of nitrogens with one attached hydrogen (secondary N) is 2. The highest BCUT2D eigenvalue weighted by Crippen LogP contribution is 2.04. The molecule has 5 N–H and O–H groups in total. The van der Waals surface area contributed by atoms with E-state index in [-0.39, 0.29) is 12.5 Å². The fourth-order valence-corrected chi connectivity index (χ4v) is 2.22. The topological polar surface area (TPSA) is 87.4 Å². The van der Waals surface area contributed by atoms with E-state index in [1.165, 1.54) is 25.7 Å². The third kappa shape index (κ3) is 11.7. The number of nitrogens with two attached hydrogens (primary N) is 1. The fourth-order valence-electron chi connectivity index (χ4n) is 2.22. The second-order valence-electron chi connectivity index (χ2n) is 5.67. The first-order valence-corrected chi connectivity index (χ1v) is 8.57. The molecule has 0 radical (unpaired) electrons. The highest BCUT2D eigenvalue weighted by atomic mass is 16.3. The number of amides is 1. The molecular weight excluding hydrogens is 266 g/mol. The molecule has 0 aromatic rings. The van der Waals surface area contributed by atoms with Crippen molar-refractivity contribution < 1.29 is 9.90 Å². The first-order chi connectivity index (χ1) is 10.2. The van der Waals surface area contributed by atoms with Crippen molar-refractivity contribution in [3.8, 4) is 0 Å². The summed E-state index contributed by atoms with van der Waals surface area (Å²) >= 11 is 0. The summed E-state index contributed by atoms with van der Waals surface area (Å²) in [6, 6.07) is -0.502. The van der Waals surface area contributed by atoms with Gasteiger partial charge in [0.15, 0.2) is 0 Å². The van der Waals surface area contributed by atoms with Gasteiger partial charge in [0.1, 0.15) is 12.3 Å². The monoisotopic (exact) mass is 301 g/mol. The lowest BCUT2D eigenvalue weighted by Crippen LogP contribution is -2.52. The maximum absolute atomic E-state index is 12.0. The molecule has 0 spiro atoms. The van der Waals surface area contributed by atoms with Crippen molar-refractivity contribution in [2.24, 2.45) is 5.73 Å². The smallest absolute Gasteiger partial charge is 0.238 e. The van der Waals surface area contributed by atoms with E-state index < -0.39 is 12.3 Å². The number of hydrogen-bond donors (Lipinski definition) is 4. The zero-order valence-corrected chi connectivity index (χ0v) is 13.9. The molecule has 0 fully saturated rings. The Morgan fingerprint density at radius 3 is 2.24 bits per heavy atom. The molecule has 0 aliphatic heterocycles. The van der Waals surface area contributed by atoms with Gasteiger partial charge in [0.05, 0.1) is 0 Å². The minimum atomic E-state index is -0.652. The van der Waals surface area contributed by atoms with Crippen molar-refractivity contribution in [2.75, 3.05) is 13.1 Å². The average Bonchev–Trinajstić information content (AvgIpc) is 2.48. The van der Waals surface area contributed by atoms with E-state index in [0.717, 1.165) is 25.7 Å². The number of rotatable bonds is 14. The Hall–Kier alpha value is -0.650. The van der Waals surface area contributed by atoms with E-state index in [4.69, 9.17) is 5.73 Å². The maximum Gasteiger partial charge on any atom is 0.238 e. The predicted molar refractivity (Wildman–Crippen MR) is 87.9 cm³/mol. The molecule has 0 aliphatic rings. The maximum atomic E-state index is 12.0. The molecule has 0 rings (SSSR count). The summed E-state index contributed by atoms with van der Waals surface area (Å²) in [5.41, 5.74) is 5.62. The highest BCUT2D eigenvalue weighted by molar-refractivity contribution is 5.81. The predicted octanol–water partition coefficient (Wildman–Crippen LogP) is 1.89. The Bertz CT molecular complexity index is 250. The van der Waals surface area contributed by atoms with Gasteiger partial charge in [-0.05, 0) is 19.3 Å². The van der Waals surface area contributed by atoms with Crippen LogP contribution in [0.25, 0.3) is 0 Å². The van der Waals surface area contributed by atoms with Crippen molar-refractivity contribution in [3.05, 3.63) is 0 Å². The van der Waals surface area contributed by atoms with Crippen LogP contribution < -0.4 is 16.4 Å². The van der Waals surface area contributed by atoms with E-state index in [9.17, 15) is 9.90 Å². The van der Waals surface area contributed by atoms with Gasteiger partial charge in [0.25, 0.3) is 0 Å². The molecule has 5 heteroatoms. The molecule has 21 heavy (non-hydrogen) atoms. The summed E-state index contributed by atoms with van der Waals surface area (Å²) in [5, 5.41) is 15.7. The van der Waals surface area contributed by atoms with Crippen LogP contribution in [-0.2, 0) is 4.79 Å². The van der Waals surface area contributed by atoms with Crippen molar-refractivity contribution in [3.63, 3.8) is 0 Å². The first kappa shape index (κ1) is 20.3. The second-order valence-corrected chi connectivity index (χ2v) is 5.67. The van der Waals surface area contributed by atoms with Gasteiger partial charge in [0, 0.05) is 13.1 Å². The largest absolute Gasteiger partial charge is 0.379 e. The summed E-state index contributed by atoms with van der Waals surface area (Å²) in [5.74, 6) is -0.110. The molecule has 0 aromatic heterocycles. The number of unbranched alkanes of at least 4 members (excludes halogenated alkanes) is 6. The standard InChI is InChI=1S/C16H35N3O2/c1-3-5-7-9-11-15(20)19-14(13-17)16(21)18-12-10-8-6-4-2/h14-15,19-20H,3-13,17H2,1-2H3,(H,18,21)/t14-,15?/m0/s1. The summed E-state index contributed by atoms with van der Waals surface area (Å²) < 4.78 is 0. The van der Waals surface area contributed by atoms with E-state index in [1.54, 1.807) is 0 Å². The van der Waals surface area contributed by atoms with Crippen molar-refractivity contribution in [2.45, 2.75) is 83.9 Å². The van der Waals surface area contributed by atoms with Crippen LogP contribution in [0.5, 0.6) is 0 Å². The Kier molecular flexibility index (Phi) is 13.9. The Morgan fingerprint density at radius 1 is 1.05 bits per heavy atom. The normalized spacial score (nSPS) is 13.9. The van der Waals surface area contributed by atoms with Gasteiger partial charge in [-0.25, -0.2) is 0 Å². The van der Waals surface area contributed by atoms with E-state index in [0.29, 0.717) is 13.0 Å². The molecule has 126 valence electrons. The van der Waals surface area contributed by atoms with E-state index >= 15 is 0 Å². The lowest BCUT2D eigenvalue weighted by Gasteiger charge is -2.20. The zero-order chi connectivity index (χ0) is 15.9. The van der Waals surface area contributed by atoms with Crippen LogP contribution in [0, 0.1) is 0 Å². The van der Waals surface area contributed by atoms with Gasteiger partial charge in [-0.2, -0.15) is 0 Å². The number of aliphatic hydroxyl groups is 1. The Balaban J connectivity index is 3.82. The minimum absolute atomic E-state index is 0.110. The highest BCUT2D eigenvalue weighted by Gasteiger charge is 2.18. The van der Waals surface area contributed by atoms with E-state index in [2.05, 4.69) is 24.5 Å². The molecule has 0 heterocycles. The molecule has 0 aromatic carbocycles. The minimum Gasteiger partial charge on any atom is -0.379 e. The number of aliphatic hydroxyl groups excluding tert-OH is 1. The Morgan fingerprint density at radius 2 is 1.67 bits per heavy atom. The molecule has 0 bridgehead atoms.